The number of pyridine rings is 1. The van der Waals surface area contributed by atoms with E-state index in [1.165, 1.54) is 10.6 Å². The Morgan fingerprint density at radius 1 is 1.03 bits per heavy atom. The molecule has 2 aromatic heterocycles. The average molecular weight is 525 g/mol. The molecule has 0 atom stereocenters. The van der Waals surface area contributed by atoms with Crippen molar-refractivity contribution in [1.29, 1.82) is 0 Å². The lowest BCUT2D eigenvalue weighted by molar-refractivity contribution is -0.137. The van der Waals surface area contributed by atoms with E-state index in [4.69, 9.17) is 4.74 Å². The summed E-state index contributed by atoms with van der Waals surface area (Å²) in [5.74, 6) is 0.139. The molecule has 5 rings (SSSR count). The Labute approximate surface area is 217 Å². The second kappa shape index (κ2) is 11.2. The Bertz CT molecular complexity index is 1400. The summed E-state index contributed by atoms with van der Waals surface area (Å²) < 4.78 is 46.4. The van der Waals surface area contributed by atoms with E-state index in [1.54, 1.807) is 48.7 Å². The van der Waals surface area contributed by atoms with Crippen LogP contribution in [0.2, 0.25) is 0 Å². The summed E-state index contributed by atoms with van der Waals surface area (Å²) in [4.78, 5) is 19.3. The molecule has 0 radical (unpaired) electrons. The molecule has 2 N–H and O–H groups in total. The van der Waals surface area contributed by atoms with Gasteiger partial charge in [0.05, 0.1) is 18.8 Å². The minimum atomic E-state index is -4.44. The lowest BCUT2D eigenvalue weighted by Gasteiger charge is -2.26. The van der Waals surface area contributed by atoms with Crippen molar-refractivity contribution in [2.75, 3.05) is 44.7 Å². The molecule has 38 heavy (non-hydrogen) atoms. The van der Waals surface area contributed by atoms with Crippen LogP contribution in [-0.2, 0) is 10.9 Å². The number of fused-ring (bicyclic) bond motifs is 1. The van der Waals surface area contributed by atoms with Crippen LogP contribution in [0, 0.1) is 0 Å². The van der Waals surface area contributed by atoms with Crippen molar-refractivity contribution in [2.24, 2.45) is 0 Å². The number of nitrogens with zero attached hydrogens (tertiary/aromatic N) is 4. The summed E-state index contributed by atoms with van der Waals surface area (Å²) in [7, 11) is 0. The van der Waals surface area contributed by atoms with Crippen molar-refractivity contribution < 1.29 is 22.7 Å². The van der Waals surface area contributed by atoms with Crippen LogP contribution < -0.4 is 10.6 Å². The van der Waals surface area contributed by atoms with E-state index in [9.17, 15) is 18.0 Å². The third-order valence-electron chi connectivity index (χ3n) is 6.31. The summed E-state index contributed by atoms with van der Waals surface area (Å²) in [5, 5.41) is 10.4. The molecule has 2 aromatic carbocycles. The molecular weight excluding hydrogens is 497 g/mol. The number of ether oxygens (including phenoxy) is 1. The standard InChI is InChI=1S/C27H27F3N6O2/c28-27(29,30)21-5-1-4-20(18-21)23-6-2-13-36-24(23)33-26(34-36)32-22-9-7-19(8-10-22)25(37)31-11-3-12-35-14-16-38-17-15-35/h1-2,4-10,13,18H,3,11-12,14-17H2,(H,31,37)(H,32,34). The maximum atomic E-state index is 13.2. The fourth-order valence-electron chi connectivity index (χ4n) is 4.31. The molecule has 0 spiro atoms. The highest BCUT2D eigenvalue weighted by atomic mass is 19.4. The number of anilines is 2. The molecule has 198 valence electrons. The van der Waals surface area contributed by atoms with E-state index in [0.717, 1.165) is 51.4 Å². The van der Waals surface area contributed by atoms with Crippen LogP contribution >= 0.6 is 0 Å². The molecule has 1 fully saturated rings. The van der Waals surface area contributed by atoms with Crippen molar-refractivity contribution in [3.05, 3.63) is 78.0 Å². The maximum Gasteiger partial charge on any atom is 0.416 e. The number of alkyl halides is 3. The first kappa shape index (κ1) is 25.7. The minimum Gasteiger partial charge on any atom is -0.379 e. The molecular formula is C27H27F3N6O2. The SMILES string of the molecule is O=C(NCCCN1CCOCC1)c1ccc(Nc2nc3c(-c4cccc(C(F)(F)F)c4)cccn3n2)cc1. The molecule has 1 amide bonds. The summed E-state index contributed by atoms with van der Waals surface area (Å²) in [6.07, 6.45) is -1.89. The Kier molecular flexibility index (Phi) is 7.57. The van der Waals surface area contributed by atoms with E-state index in [-0.39, 0.29) is 11.9 Å². The van der Waals surface area contributed by atoms with Gasteiger partial charge in [-0.2, -0.15) is 18.2 Å². The highest BCUT2D eigenvalue weighted by molar-refractivity contribution is 5.94. The lowest BCUT2D eigenvalue weighted by atomic mass is 10.0. The third-order valence-corrected chi connectivity index (χ3v) is 6.31. The van der Waals surface area contributed by atoms with Gasteiger partial charge in [0.25, 0.3) is 5.91 Å². The van der Waals surface area contributed by atoms with Gasteiger partial charge in [0.1, 0.15) is 0 Å². The van der Waals surface area contributed by atoms with Gasteiger partial charge in [0, 0.05) is 42.6 Å². The summed E-state index contributed by atoms with van der Waals surface area (Å²) >= 11 is 0. The summed E-state index contributed by atoms with van der Waals surface area (Å²) in [5.41, 5.74) is 1.82. The topological polar surface area (TPSA) is 83.8 Å². The zero-order valence-electron chi connectivity index (χ0n) is 20.5. The smallest absolute Gasteiger partial charge is 0.379 e. The van der Waals surface area contributed by atoms with Crippen molar-refractivity contribution in [3.8, 4) is 11.1 Å². The number of amides is 1. The molecule has 1 aliphatic heterocycles. The molecule has 0 bridgehead atoms. The molecule has 0 saturated carbocycles. The number of hydrogen-bond donors (Lipinski definition) is 2. The zero-order valence-corrected chi connectivity index (χ0v) is 20.5. The number of carbonyl (C=O) groups excluding carboxylic acids is 1. The number of nitrogens with one attached hydrogen (secondary N) is 2. The molecule has 1 aliphatic rings. The zero-order chi connectivity index (χ0) is 26.5. The van der Waals surface area contributed by atoms with Gasteiger partial charge in [0.15, 0.2) is 5.65 Å². The van der Waals surface area contributed by atoms with Gasteiger partial charge >= 0.3 is 6.18 Å². The first-order valence-electron chi connectivity index (χ1n) is 12.4. The van der Waals surface area contributed by atoms with E-state index in [1.807, 2.05) is 0 Å². The van der Waals surface area contributed by atoms with Crippen LogP contribution in [0.1, 0.15) is 22.3 Å². The normalized spacial score (nSPS) is 14.5. The largest absolute Gasteiger partial charge is 0.416 e. The fourth-order valence-corrected chi connectivity index (χ4v) is 4.31. The highest BCUT2D eigenvalue weighted by Crippen LogP contribution is 2.33. The predicted octanol–water partition coefficient (Wildman–Crippen LogP) is 4.61. The second-order valence-electron chi connectivity index (χ2n) is 8.97. The third kappa shape index (κ3) is 6.12. The average Bonchev–Trinajstić information content (AvgIpc) is 3.34. The number of carbonyl (C=O) groups is 1. The molecule has 11 heteroatoms. The second-order valence-corrected chi connectivity index (χ2v) is 8.97. The van der Waals surface area contributed by atoms with Gasteiger partial charge in [-0.25, -0.2) is 4.52 Å². The molecule has 8 nitrogen and oxygen atoms in total. The monoisotopic (exact) mass is 524 g/mol. The van der Waals surface area contributed by atoms with Crippen LogP contribution in [0.15, 0.2) is 66.9 Å². The van der Waals surface area contributed by atoms with Crippen LogP contribution in [0.5, 0.6) is 0 Å². The van der Waals surface area contributed by atoms with Gasteiger partial charge in [0.2, 0.25) is 5.95 Å². The number of morpholine rings is 1. The van der Waals surface area contributed by atoms with E-state index in [0.29, 0.717) is 34.6 Å². The lowest BCUT2D eigenvalue weighted by Crippen LogP contribution is -2.38. The summed E-state index contributed by atoms with van der Waals surface area (Å²) in [6, 6.07) is 15.5. The molecule has 0 unspecified atom stereocenters. The van der Waals surface area contributed by atoms with Crippen LogP contribution in [0.4, 0.5) is 24.8 Å². The van der Waals surface area contributed by atoms with Crippen LogP contribution in [0.3, 0.4) is 0 Å². The van der Waals surface area contributed by atoms with E-state index < -0.39 is 11.7 Å². The van der Waals surface area contributed by atoms with Gasteiger partial charge in [-0.15, -0.1) is 5.10 Å². The predicted molar refractivity (Wildman–Crippen MR) is 137 cm³/mol. The number of rotatable bonds is 8. The van der Waals surface area contributed by atoms with Gasteiger partial charge in [-0.05, 0) is 67.1 Å². The number of aromatic nitrogens is 3. The molecule has 0 aliphatic carbocycles. The summed E-state index contributed by atoms with van der Waals surface area (Å²) in [6.45, 7) is 4.89. The number of halogens is 3. The van der Waals surface area contributed by atoms with E-state index in [2.05, 4.69) is 25.6 Å². The number of hydrogen-bond acceptors (Lipinski definition) is 6. The van der Waals surface area contributed by atoms with Gasteiger partial charge in [-0.3, -0.25) is 9.69 Å². The Morgan fingerprint density at radius 2 is 1.82 bits per heavy atom. The highest BCUT2D eigenvalue weighted by Gasteiger charge is 2.30. The van der Waals surface area contributed by atoms with Crippen LogP contribution in [-0.4, -0.2) is 64.8 Å². The molecule has 4 aromatic rings. The molecule has 3 heterocycles. The molecule has 1 saturated heterocycles. The fraction of sp³-hybridized carbons (Fsp3) is 0.296. The number of benzene rings is 2. The quantitative estimate of drug-likeness (QED) is 0.328. The first-order chi connectivity index (χ1) is 18.4. The Balaban J connectivity index is 1.22. The van der Waals surface area contributed by atoms with Crippen molar-refractivity contribution in [1.82, 2.24) is 24.8 Å². The Hall–Kier alpha value is -3.96. The van der Waals surface area contributed by atoms with Crippen LogP contribution in [0.25, 0.3) is 16.8 Å². The van der Waals surface area contributed by atoms with Gasteiger partial charge < -0.3 is 15.4 Å². The minimum absolute atomic E-state index is 0.143. The Morgan fingerprint density at radius 3 is 2.58 bits per heavy atom. The van der Waals surface area contributed by atoms with Crippen molar-refractivity contribution in [2.45, 2.75) is 12.6 Å². The van der Waals surface area contributed by atoms with E-state index >= 15 is 0 Å². The first-order valence-corrected chi connectivity index (χ1v) is 12.4. The maximum absolute atomic E-state index is 13.2. The van der Waals surface area contributed by atoms with Crippen molar-refractivity contribution in [3.63, 3.8) is 0 Å². The van der Waals surface area contributed by atoms with Crippen molar-refractivity contribution >= 4 is 23.2 Å². The van der Waals surface area contributed by atoms with Gasteiger partial charge in [-0.1, -0.05) is 12.1 Å².